The molecule has 1 saturated heterocycles. The van der Waals surface area contributed by atoms with E-state index in [0.717, 1.165) is 60.4 Å². The van der Waals surface area contributed by atoms with Crippen molar-refractivity contribution in [1.29, 1.82) is 0 Å². The number of nitrogens with one attached hydrogen (secondary N) is 1. The van der Waals surface area contributed by atoms with Crippen LogP contribution in [0.25, 0.3) is 16.7 Å². The lowest BCUT2D eigenvalue weighted by molar-refractivity contribution is 0.311. The molecule has 1 fully saturated rings. The summed E-state index contributed by atoms with van der Waals surface area (Å²) in [6.07, 6.45) is 1.83. The lowest BCUT2D eigenvalue weighted by Crippen LogP contribution is -2.45. The molecule has 2 aromatic heterocycles. The summed E-state index contributed by atoms with van der Waals surface area (Å²) in [5, 5.41) is 8.97. The molecule has 0 spiro atoms. The van der Waals surface area contributed by atoms with Gasteiger partial charge in [0.25, 0.3) is 0 Å². The maximum atomic E-state index is 4.92. The van der Waals surface area contributed by atoms with Gasteiger partial charge in [0, 0.05) is 31.9 Å². The lowest BCUT2D eigenvalue weighted by atomic mass is 10.3. The first-order valence-electron chi connectivity index (χ1n) is 9.85. The Hall–Kier alpha value is -3.45. The highest BCUT2D eigenvalue weighted by molar-refractivity contribution is 5.90. The molecular formula is C22H23N7. The van der Waals surface area contributed by atoms with Gasteiger partial charge >= 0.3 is 0 Å². The third-order valence-electron chi connectivity index (χ3n) is 5.24. The van der Waals surface area contributed by atoms with Crippen molar-refractivity contribution in [3.8, 4) is 5.69 Å². The van der Waals surface area contributed by atoms with E-state index >= 15 is 0 Å². The number of piperazine rings is 1. The predicted octanol–water partition coefficient (Wildman–Crippen LogP) is 3.31. The van der Waals surface area contributed by atoms with Gasteiger partial charge in [-0.05, 0) is 31.3 Å². The first-order valence-corrected chi connectivity index (χ1v) is 9.85. The molecule has 2 aromatic carbocycles. The minimum absolute atomic E-state index is 0.738. The van der Waals surface area contributed by atoms with E-state index in [0.29, 0.717) is 0 Å². The van der Waals surface area contributed by atoms with Crippen LogP contribution in [-0.4, -0.2) is 57.9 Å². The highest BCUT2D eigenvalue weighted by Gasteiger charge is 2.20. The summed E-state index contributed by atoms with van der Waals surface area (Å²) in [6, 6.07) is 20.2. The van der Waals surface area contributed by atoms with Gasteiger partial charge in [0.15, 0.2) is 5.65 Å². The zero-order chi connectivity index (χ0) is 19.6. The second-order valence-electron chi connectivity index (χ2n) is 7.28. The molecule has 4 aromatic rings. The summed E-state index contributed by atoms with van der Waals surface area (Å²) in [7, 11) is 2.15. The van der Waals surface area contributed by atoms with E-state index in [9.17, 15) is 0 Å². The molecule has 3 heterocycles. The number of fused-ring (bicyclic) bond motifs is 1. The van der Waals surface area contributed by atoms with Crippen molar-refractivity contribution in [3.05, 3.63) is 66.9 Å². The largest absolute Gasteiger partial charge is 0.339 e. The molecule has 0 aliphatic carbocycles. The topological polar surface area (TPSA) is 62.1 Å². The Morgan fingerprint density at radius 1 is 0.828 bits per heavy atom. The summed E-state index contributed by atoms with van der Waals surface area (Å²) >= 11 is 0. The molecule has 0 atom stereocenters. The Kier molecular flexibility index (Phi) is 4.57. The zero-order valence-corrected chi connectivity index (χ0v) is 16.4. The van der Waals surface area contributed by atoms with Crippen LogP contribution in [0.1, 0.15) is 0 Å². The third kappa shape index (κ3) is 3.52. The van der Waals surface area contributed by atoms with Gasteiger partial charge in [-0.1, -0.05) is 36.4 Å². The summed E-state index contributed by atoms with van der Waals surface area (Å²) in [6.45, 7) is 3.82. The molecule has 0 amide bonds. The van der Waals surface area contributed by atoms with Crippen molar-refractivity contribution in [2.24, 2.45) is 0 Å². The van der Waals surface area contributed by atoms with E-state index in [-0.39, 0.29) is 0 Å². The number of rotatable bonds is 4. The minimum Gasteiger partial charge on any atom is -0.339 e. The number of anilines is 3. The quantitative estimate of drug-likeness (QED) is 0.582. The van der Waals surface area contributed by atoms with Crippen LogP contribution in [-0.2, 0) is 0 Å². The number of hydrogen-bond donors (Lipinski definition) is 1. The van der Waals surface area contributed by atoms with Gasteiger partial charge in [-0.3, -0.25) is 0 Å². The Morgan fingerprint density at radius 2 is 1.52 bits per heavy atom. The molecule has 1 aliphatic rings. The number of hydrogen-bond acceptors (Lipinski definition) is 6. The smallest absolute Gasteiger partial charge is 0.229 e. The molecule has 0 unspecified atom stereocenters. The average Bonchev–Trinajstić information content (AvgIpc) is 3.20. The van der Waals surface area contributed by atoms with Crippen LogP contribution in [0.15, 0.2) is 66.9 Å². The minimum atomic E-state index is 0.738. The van der Waals surface area contributed by atoms with Gasteiger partial charge in [0.2, 0.25) is 5.95 Å². The number of likely N-dealkylation sites (N-methyl/N-ethyl adjacent to an activating group) is 1. The van der Waals surface area contributed by atoms with Gasteiger partial charge < -0.3 is 15.1 Å². The van der Waals surface area contributed by atoms with E-state index < -0.39 is 0 Å². The Balaban J connectivity index is 1.63. The lowest BCUT2D eigenvalue weighted by Gasteiger charge is -2.32. The van der Waals surface area contributed by atoms with E-state index in [1.165, 1.54) is 0 Å². The highest BCUT2D eigenvalue weighted by atomic mass is 15.4. The molecule has 1 N–H and O–H groups in total. The fourth-order valence-corrected chi connectivity index (χ4v) is 3.56. The van der Waals surface area contributed by atoms with E-state index in [1.54, 1.807) is 0 Å². The molecule has 1 aliphatic heterocycles. The maximum absolute atomic E-state index is 4.92. The molecule has 7 nitrogen and oxygen atoms in total. The van der Waals surface area contributed by atoms with Gasteiger partial charge in [-0.25, -0.2) is 4.68 Å². The molecule has 0 saturated carbocycles. The van der Waals surface area contributed by atoms with Crippen molar-refractivity contribution >= 4 is 28.5 Å². The highest BCUT2D eigenvalue weighted by Crippen LogP contribution is 2.28. The second-order valence-corrected chi connectivity index (χ2v) is 7.28. The van der Waals surface area contributed by atoms with E-state index in [4.69, 9.17) is 9.97 Å². The standard InChI is InChI=1S/C22H23N7/c1-27-12-14-28(15-13-27)22-25-20(24-17-8-4-2-5-9-17)19-16-23-29(21(19)26-22)18-10-6-3-7-11-18/h2-11,16H,12-15H2,1H3,(H,24,25,26). The van der Waals surface area contributed by atoms with Crippen molar-refractivity contribution in [2.75, 3.05) is 43.4 Å². The van der Waals surface area contributed by atoms with E-state index in [2.05, 4.69) is 27.3 Å². The summed E-state index contributed by atoms with van der Waals surface area (Å²) in [4.78, 5) is 14.4. The van der Waals surface area contributed by atoms with Crippen LogP contribution in [0.4, 0.5) is 17.5 Å². The van der Waals surface area contributed by atoms with Crippen molar-refractivity contribution in [3.63, 3.8) is 0 Å². The Bertz CT molecular complexity index is 1100. The van der Waals surface area contributed by atoms with Gasteiger partial charge in [0.05, 0.1) is 17.3 Å². The molecule has 0 bridgehead atoms. The van der Waals surface area contributed by atoms with Crippen LogP contribution in [0.5, 0.6) is 0 Å². The summed E-state index contributed by atoms with van der Waals surface area (Å²) in [5.74, 6) is 1.51. The molecule has 146 valence electrons. The van der Waals surface area contributed by atoms with Gasteiger partial charge in [-0.2, -0.15) is 15.1 Å². The fourth-order valence-electron chi connectivity index (χ4n) is 3.56. The molecule has 7 heteroatoms. The average molecular weight is 385 g/mol. The Morgan fingerprint density at radius 3 is 2.24 bits per heavy atom. The van der Waals surface area contributed by atoms with Crippen LogP contribution < -0.4 is 10.2 Å². The van der Waals surface area contributed by atoms with Crippen LogP contribution in [0.2, 0.25) is 0 Å². The van der Waals surface area contributed by atoms with Crippen molar-refractivity contribution in [1.82, 2.24) is 24.6 Å². The zero-order valence-electron chi connectivity index (χ0n) is 16.4. The normalized spacial score (nSPS) is 15.0. The first-order chi connectivity index (χ1) is 14.3. The fraction of sp³-hybridized carbons (Fsp3) is 0.227. The molecular weight excluding hydrogens is 362 g/mol. The first kappa shape index (κ1) is 17.6. The van der Waals surface area contributed by atoms with Gasteiger partial charge in [-0.15, -0.1) is 0 Å². The van der Waals surface area contributed by atoms with Crippen LogP contribution in [0, 0.1) is 0 Å². The van der Waals surface area contributed by atoms with Crippen LogP contribution in [0.3, 0.4) is 0 Å². The number of aromatic nitrogens is 4. The SMILES string of the molecule is CN1CCN(c2nc(Nc3ccccc3)c3cnn(-c4ccccc4)c3n2)CC1. The number of para-hydroxylation sites is 2. The van der Waals surface area contributed by atoms with Crippen molar-refractivity contribution < 1.29 is 0 Å². The van der Waals surface area contributed by atoms with Crippen LogP contribution >= 0.6 is 0 Å². The summed E-state index contributed by atoms with van der Waals surface area (Å²) in [5.41, 5.74) is 2.78. The monoisotopic (exact) mass is 385 g/mol. The summed E-state index contributed by atoms with van der Waals surface area (Å²) < 4.78 is 1.88. The predicted molar refractivity (Wildman–Crippen MR) is 116 cm³/mol. The molecule has 0 radical (unpaired) electrons. The number of benzene rings is 2. The second kappa shape index (κ2) is 7.52. The van der Waals surface area contributed by atoms with Crippen molar-refractivity contribution in [2.45, 2.75) is 0 Å². The maximum Gasteiger partial charge on any atom is 0.229 e. The molecule has 29 heavy (non-hydrogen) atoms. The van der Waals surface area contributed by atoms with E-state index in [1.807, 2.05) is 71.5 Å². The third-order valence-corrected chi connectivity index (χ3v) is 5.24. The Labute approximate surface area is 169 Å². The number of nitrogens with zero attached hydrogens (tertiary/aromatic N) is 6. The molecule has 5 rings (SSSR count). The van der Waals surface area contributed by atoms with Gasteiger partial charge in [0.1, 0.15) is 5.82 Å².